The van der Waals surface area contributed by atoms with Gasteiger partial charge in [0.05, 0.1) is 12.8 Å². The fourth-order valence-corrected chi connectivity index (χ4v) is 3.52. The molecule has 0 spiro atoms. The summed E-state index contributed by atoms with van der Waals surface area (Å²) >= 11 is 0. The monoisotopic (exact) mass is 391 g/mol. The van der Waals surface area contributed by atoms with Crippen molar-refractivity contribution in [2.24, 2.45) is 0 Å². The van der Waals surface area contributed by atoms with Gasteiger partial charge in [-0.05, 0) is 55.3 Å². The van der Waals surface area contributed by atoms with E-state index in [9.17, 15) is 4.79 Å². The second kappa shape index (κ2) is 8.34. The molecule has 2 aromatic heterocycles. The van der Waals surface area contributed by atoms with Gasteiger partial charge in [-0.3, -0.25) is 4.79 Å². The van der Waals surface area contributed by atoms with Gasteiger partial charge in [-0.25, -0.2) is 0 Å². The SMILES string of the molecule is Cc1cccc(N2CCN(C(=O)c3ccc(NCc4ccco4)nn3)CC2)c1C. The first kappa shape index (κ1) is 19.0. The summed E-state index contributed by atoms with van der Waals surface area (Å²) in [6.45, 7) is 7.77. The zero-order valence-electron chi connectivity index (χ0n) is 16.8. The average molecular weight is 391 g/mol. The molecule has 0 radical (unpaired) electrons. The molecule has 7 nitrogen and oxygen atoms in total. The van der Waals surface area contributed by atoms with Gasteiger partial charge in [0.1, 0.15) is 11.6 Å². The van der Waals surface area contributed by atoms with Crippen molar-refractivity contribution in [3.05, 3.63) is 71.3 Å². The number of furan rings is 1. The van der Waals surface area contributed by atoms with Gasteiger partial charge in [0, 0.05) is 31.9 Å². The number of amides is 1. The Labute approximate surface area is 170 Å². The van der Waals surface area contributed by atoms with Crippen molar-refractivity contribution in [3.8, 4) is 0 Å². The number of rotatable bonds is 5. The fraction of sp³-hybridized carbons (Fsp3) is 0.318. The number of nitrogens with one attached hydrogen (secondary N) is 1. The van der Waals surface area contributed by atoms with E-state index < -0.39 is 0 Å². The first-order valence-electron chi connectivity index (χ1n) is 9.82. The van der Waals surface area contributed by atoms with Crippen LogP contribution in [0.1, 0.15) is 27.4 Å². The largest absolute Gasteiger partial charge is 0.467 e. The number of carbonyl (C=O) groups excluding carboxylic acids is 1. The molecule has 3 aromatic rings. The van der Waals surface area contributed by atoms with Gasteiger partial charge in [0.25, 0.3) is 5.91 Å². The van der Waals surface area contributed by atoms with Crippen molar-refractivity contribution in [1.29, 1.82) is 0 Å². The van der Waals surface area contributed by atoms with E-state index in [0.29, 0.717) is 31.1 Å². The van der Waals surface area contributed by atoms with Crippen LogP contribution < -0.4 is 10.2 Å². The molecule has 1 N–H and O–H groups in total. The van der Waals surface area contributed by atoms with Crippen LogP contribution in [0.2, 0.25) is 0 Å². The Morgan fingerprint density at radius 3 is 2.55 bits per heavy atom. The number of benzene rings is 1. The third-order valence-corrected chi connectivity index (χ3v) is 5.39. The zero-order valence-corrected chi connectivity index (χ0v) is 16.8. The Balaban J connectivity index is 1.34. The van der Waals surface area contributed by atoms with Gasteiger partial charge in [-0.1, -0.05) is 12.1 Å². The predicted molar refractivity (Wildman–Crippen MR) is 112 cm³/mol. The average Bonchev–Trinajstić information content (AvgIpc) is 3.28. The molecule has 7 heteroatoms. The summed E-state index contributed by atoms with van der Waals surface area (Å²) in [6.07, 6.45) is 1.63. The molecule has 0 unspecified atom stereocenters. The molecule has 1 saturated heterocycles. The van der Waals surface area contributed by atoms with Gasteiger partial charge in [0.2, 0.25) is 0 Å². The van der Waals surface area contributed by atoms with Crippen LogP contribution in [-0.2, 0) is 6.54 Å². The molecule has 0 bridgehead atoms. The quantitative estimate of drug-likeness (QED) is 0.720. The molecule has 1 aromatic carbocycles. The summed E-state index contributed by atoms with van der Waals surface area (Å²) in [7, 11) is 0. The molecule has 29 heavy (non-hydrogen) atoms. The van der Waals surface area contributed by atoms with E-state index >= 15 is 0 Å². The Morgan fingerprint density at radius 1 is 1.03 bits per heavy atom. The molecule has 1 fully saturated rings. The maximum atomic E-state index is 12.8. The van der Waals surface area contributed by atoms with Crippen molar-refractivity contribution < 1.29 is 9.21 Å². The first-order chi connectivity index (χ1) is 14.1. The van der Waals surface area contributed by atoms with Gasteiger partial charge in [-0.15, -0.1) is 10.2 Å². The van der Waals surface area contributed by atoms with Crippen LogP contribution in [-0.4, -0.2) is 47.2 Å². The highest BCUT2D eigenvalue weighted by molar-refractivity contribution is 5.92. The molecule has 150 valence electrons. The predicted octanol–water partition coefficient (Wildman–Crippen LogP) is 3.26. The van der Waals surface area contributed by atoms with Crippen molar-refractivity contribution in [3.63, 3.8) is 0 Å². The Hall–Kier alpha value is -3.35. The summed E-state index contributed by atoms with van der Waals surface area (Å²) in [5.74, 6) is 1.35. The van der Waals surface area contributed by atoms with E-state index in [1.165, 1.54) is 16.8 Å². The van der Waals surface area contributed by atoms with Crippen LogP contribution in [0, 0.1) is 13.8 Å². The van der Waals surface area contributed by atoms with Crippen LogP contribution in [0.25, 0.3) is 0 Å². The van der Waals surface area contributed by atoms with E-state index in [1.807, 2.05) is 17.0 Å². The third-order valence-electron chi connectivity index (χ3n) is 5.39. The molecule has 3 heterocycles. The maximum absolute atomic E-state index is 12.8. The van der Waals surface area contributed by atoms with Crippen molar-refractivity contribution in [2.45, 2.75) is 20.4 Å². The van der Waals surface area contributed by atoms with Crippen LogP contribution in [0.3, 0.4) is 0 Å². The highest BCUT2D eigenvalue weighted by atomic mass is 16.3. The van der Waals surface area contributed by atoms with Crippen molar-refractivity contribution in [1.82, 2.24) is 15.1 Å². The number of piperazine rings is 1. The lowest BCUT2D eigenvalue weighted by molar-refractivity contribution is 0.0739. The lowest BCUT2D eigenvalue weighted by atomic mass is 10.1. The highest BCUT2D eigenvalue weighted by Gasteiger charge is 2.24. The van der Waals surface area contributed by atoms with E-state index in [0.717, 1.165) is 18.8 Å². The molecule has 0 aliphatic carbocycles. The minimum absolute atomic E-state index is 0.0734. The van der Waals surface area contributed by atoms with Gasteiger partial charge >= 0.3 is 0 Å². The summed E-state index contributed by atoms with van der Waals surface area (Å²) in [5.41, 5.74) is 4.21. The Kier molecular flexibility index (Phi) is 5.46. The summed E-state index contributed by atoms with van der Waals surface area (Å²) in [5, 5.41) is 11.4. The topological polar surface area (TPSA) is 74.5 Å². The van der Waals surface area contributed by atoms with Gasteiger partial charge in [-0.2, -0.15) is 0 Å². The van der Waals surface area contributed by atoms with Crippen molar-refractivity contribution in [2.75, 3.05) is 36.4 Å². The highest BCUT2D eigenvalue weighted by Crippen LogP contribution is 2.24. The zero-order chi connectivity index (χ0) is 20.2. The molecule has 1 aliphatic rings. The van der Waals surface area contributed by atoms with Gasteiger partial charge in [0.15, 0.2) is 5.69 Å². The van der Waals surface area contributed by atoms with E-state index in [2.05, 4.69) is 52.5 Å². The number of hydrogen-bond donors (Lipinski definition) is 1. The second-order valence-electron chi connectivity index (χ2n) is 7.24. The summed E-state index contributed by atoms with van der Waals surface area (Å²) < 4.78 is 5.28. The molecule has 1 aliphatic heterocycles. The molecule has 0 saturated carbocycles. The summed E-state index contributed by atoms with van der Waals surface area (Å²) in [4.78, 5) is 17.0. The van der Waals surface area contributed by atoms with E-state index in [4.69, 9.17) is 4.42 Å². The number of carbonyl (C=O) groups is 1. The second-order valence-corrected chi connectivity index (χ2v) is 7.24. The van der Waals surface area contributed by atoms with Gasteiger partial charge < -0.3 is 19.5 Å². The van der Waals surface area contributed by atoms with Crippen LogP contribution >= 0.6 is 0 Å². The number of aromatic nitrogens is 2. The fourth-order valence-electron chi connectivity index (χ4n) is 3.52. The Bertz CT molecular complexity index is 961. The van der Waals surface area contributed by atoms with Crippen LogP contribution in [0.4, 0.5) is 11.5 Å². The van der Waals surface area contributed by atoms with Crippen molar-refractivity contribution >= 4 is 17.4 Å². The standard InChI is InChI=1S/C22H25N5O2/c1-16-5-3-7-20(17(16)2)26-10-12-27(13-11-26)22(28)19-8-9-21(25-24-19)23-15-18-6-4-14-29-18/h3-9,14H,10-13,15H2,1-2H3,(H,23,25). The molecule has 0 atom stereocenters. The number of nitrogens with zero attached hydrogens (tertiary/aromatic N) is 4. The van der Waals surface area contributed by atoms with Crippen LogP contribution in [0.15, 0.2) is 53.1 Å². The lowest BCUT2D eigenvalue weighted by Crippen LogP contribution is -2.49. The Morgan fingerprint density at radius 2 is 1.86 bits per heavy atom. The molecule has 4 rings (SSSR count). The molecular formula is C22H25N5O2. The third kappa shape index (κ3) is 4.23. The number of aryl methyl sites for hydroxylation is 1. The molecule has 1 amide bonds. The van der Waals surface area contributed by atoms with E-state index in [1.54, 1.807) is 18.4 Å². The summed E-state index contributed by atoms with van der Waals surface area (Å²) in [6, 6.07) is 13.6. The smallest absolute Gasteiger partial charge is 0.274 e. The maximum Gasteiger partial charge on any atom is 0.274 e. The minimum atomic E-state index is -0.0734. The van der Waals surface area contributed by atoms with E-state index in [-0.39, 0.29) is 5.91 Å². The molecular weight excluding hydrogens is 366 g/mol. The minimum Gasteiger partial charge on any atom is -0.467 e. The normalized spacial score (nSPS) is 14.1. The lowest BCUT2D eigenvalue weighted by Gasteiger charge is -2.36. The van der Waals surface area contributed by atoms with Crippen LogP contribution in [0.5, 0.6) is 0 Å². The first-order valence-corrected chi connectivity index (χ1v) is 9.82. The number of hydrogen-bond acceptors (Lipinski definition) is 6. The number of anilines is 2.